The van der Waals surface area contributed by atoms with Gasteiger partial charge in [0.25, 0.3) is 0 Å². The normalized spacial score (nSPS) is 29.4. The Labute approximate surface area is 97.3 Å². The van der Waals surface area contributed by atoms with Crippen LogP contribution in [0.25, 0.3) is 0 Å². The highest BCUT2D eigenvalue weighted by molar-refractivity contribution is 9.10. The van der Waals surface area contributed by atoms with Crippen molar-refractivity contribution in [1.82, 2.24) is 0 Å². The smallest absolute Gasteiger partial charge is 0.0839 e. The first-order chi connectivity index (χ1) is 6.70. The van der Waals surface area contributed by atoms with Gasteiger partial charge < -0.3 is 5.11 Å². The fourth-order valence-electron chi connectivity index (χ4n) is 2.38. The van der Waals surface area contributed by atoms with E-state index in [9.17, 15) is 5.11 Å². The van der Waals surface area contributed by atoms with Gasteiger partial charge in [-0.05, 0) is 39.6 Å². The van der Waals surface area contributed by atoms with Gasteiger partial charge in [0.1, 0.15) is 0 Å². The molecule has 3 unspecified atom stereocenters. The van der Waals surface area contributed by atoms with Gasteiger partial charge in [0.05, 0.1) is 6.10 Å². The van der Waals surface area contributed by atoms with E-state index in [0.717, 1.165) is 10.0 Å². The van der Waals surface area contributed by atoms with E-state index in [-0.39, 0.29) is 6.10 Å². The van der Waals surface area contributed by atoms with Crippen molar-refractivity contribution in [1.29, 1.82) is 0 Å². The van der Waals surface area contributed by atoms with Gasteiger partial charge >= 0.3 is 0 Å². The lowest BCUT2D eigenvalue weighted by Gasteiger charge is -2.21. The molecule has 0 saturated heterocycles. The van der Waals surface area contributed by atoms with E-state index >= 15 is 0 Å². The predicted molar refractivity (Wildman–Crippen MR) is 63.5 cm³/mol. The average molecular weight is 275 g/mol. The van der Waals surface area contributed by atoms with Gasteiger partial charge in [-0.1, -0.05) is 19.8 Å². The Bertz CT molecular complexity index is 310. The first kappa shape index (κ1) is 10.7. The molecule has 1 N–H and O–H groups in total. The molecule has 3 atom stereocenters. The summed E-state index contributed by atoms with van der Waals surface area (Å²) < 4.78 is 1.06. The Balaban J connectivity index is 2.15. The Hall–Kier alpha value is 0.140. The zero-order valence-corrected chi connectivity index (χ0v) is 10.6. The van der Waals surface area contributed by atoms with E-state index in [0.29, 0.717) is 11.8 Å². The first-order valence-corrected chi connectivity index (χ1v) is 6.83. The number of thiophene rings is 1. The maximum Gasteiger partial charge on any atom is 0.0839 e. The summed E-state index contributed by atoms with van der Waals surface area (Å²) >= 11 is 5.13. The molecule has 0 bridgehead atoms. The average Bonchev–Trinajstić information content (AvgIpc) is 2.73. The van der Waals surface area contributed by atoms with Crippen LogP contribution in [-0.2, 0) is 0 Å². The van der Waals surface area contributed by atoms with Crippen molar-refractivity contribution < 1.29 is 5.11 Å². The third kappa shape index (κ3) is 1.90. The van der Waals surface area contributed by atoms with Gasteiger partial charge in [0.2, 0.25) is 0 Å². The van der Waals surface area contributed by atoms with Crippen molar-refractivity contribution in [2.24, 2.45) is 11.8 Å². The van der Waals surface area contributed by atoms with Crippen LogP contribution in [0.2, 0.25) is 0 Å². The standard InChI is InChI=1S/C11H15BrOS/c1-7-3-2-4-8(7)11(13)9-5-14-6-10(9)12/h5-8,11,13H,2-4H2,1H3. The molecule has 0 radical (unpaired) electrons. The van der Waals surface area contributed by atoms with Crippen LogP contribution in [0.1, 0.15) is 37.9 Å². The van der Waals surface area contributed by atoms with Crippen LogP contribution in [0.3, 0.4) is 0 Å². The maximum atomic E-state index is 10.2. The third-order valence-corrected chi connectivity index (χ3v) is 5.05. The Kier molecular flexibility index (Phi) is 3.30. The summed E-state index contributed by atoms with van der Waals surface area (Å²) in [5, 5.41) is 14.3. The van der Waals surface area contributed by atoms with Gasteiger partial charge in [-0.15, -0.1) is 0 Å². The second kappa shape index (κ2) is 4.33. The van der Waals surface area contributed by atoms with Crippen molar-refractivity contribution in [2.75, 3.05) is 0 Å². The molecule has 2 rings (SSSR count). The zero-order valence-electron chi connectivity index (χ0n) is 8.24. The predicted octanol–water partition coefficient (Wildman–Crippen LogP) is 3.98. The van der Waals surface area contributed by atoms with Crippen LogP contribution >= 0.6 is 27.3 Å². The van der Waals surface area contributed by atoms with Gasteiger partial charge in [0, 0.05) is 15.4 Å². The molecule has 1 nitrogen and oxygen atoms in total. The number of hydrogen-bond donors (Lipinski definition) is 1. The SMILES string of the molecule is CC1CCCC1C(O)c1cscc1Br. The quantitative estimate of drug-likeness (QED) is 0.865. The molecule has 0 amide bonds. The Morgan fingerprint density at radius 3 is 2.79 bits per heavy atom. The van der Waals surface area contributed by atoms with Gasteiger partial charge in [-0.2, -0.15) is 11.3 Å². The molecule has 0 aliphatic heterocycles. The summed E-state index contributed by atoms with van der Waals surface area (Å²) in [4.78, 5) is 0. The largest absolute Gasteiger partial charge is 0.388 e. The van der Waals surface area contributed by atoms with Crippen molar-refractivity contribution in [2.45, 2.75) is 32.3 Å². The second-order valence-corrected chi connectivity index (χ2v) is 5.79. The van der Waals surface area contributed by atoms with E-state index in [1.54, 1.807) is 11.3 Å². The van der Waals surface area contributed by atoms with Crippen LogP contribution in [-0.4, -0.2) is 5.11 Å². The second-order valence-electron chi connectivity index (χ2n) is 4.19. The van der Waals surface area contributed by atoms with Crippen molar-refractivity contribution in [3.8, 4) is 0 Å². The number of aliphatic hydroxyl groups is 1. The summed E-state index contributed by atoms with van der Waals surface area (Å²) in [6, 6.07) is 0. The van der Waals surface area contributed by atoms with Gasteiger partial charge in [-0.25, -0.2) is 0 Å². The minimum absolute atomic E-state index is 0.270. The molecule has 3 heteroatoms. The highest BCUT2D eigenvalue weighted by atomic mass is 79.9. The van der Waals surface area contributed by atoms with Crippen LogP contribution in [0.4, 0.5) is 0 Å². The number of halogens is 1. The molecule has 14 heavy (non-hydrogen) atoms. The molecule has 1 aromatic heterocycles. The van der Waals surface area contributed by atoms with E-state index in [4.69, 9.17) is 0 Å². The van der Waals surface area contributed by atoms with E-state index in [1.165, 1.54) is 19.3 Å². The first-order valence-electron chi connectivity index (χ1n) is 5.10. The Morgan fingerprint density at radius 1 is 1.50 bits per heavy atom. The molecular weight excluding hydrogens is 260 g/mol. The zero-order chi connectivity index (χ0) is 10.1. The summed E-state index contributed by atoms with van der Waals surface area (Å²) in [6.07, 6.45) is 3.44. The minimum Gasteiger partial charge on any atom is -0.388 e. The number of hydrogen-bond acceptors (Lipinski definition) is 2. The lowest BCUT2D eigenvalue weighted by molar-refractivity contribution is 0.0898. The topological polar surface area (TPSA) is 20.2 Å². The molecule has 1 aliphatic carbocycles. The summed E-state index contributed by atoms with van der Waals surface area (Å²) in [6.45, 7) is 2.25. The summed E-state index contributed by atoms with van der Waals surface area (Å²) in [5.74, 6) is 1.12. The van der Waals surface area contributed by atoms with Crippen molar-refractivity contribution in [3.63, 3.8) is 0 Å². The fourth-order valence-corrected chi connectivity index (χ4v) is 3.94. The molecule has 1 aromatic rings. The minimum atomic E-state index is -0.270. The van der Waals surface area contributed by atoms with Crippen LogP contribution < -0.4 is 0 Å². The molecule has 1 saturated carbocycles. The molecule has 0 spiro atoms. The molecule has 1 fully saturated rings. The molecular formula is C11H15BrOS. The van der Waals surface area contributed by atoms with E-state index in [1.807, 2.05) is 5.38 Å². The van der Waals surface area contributed by atoms with Crippen molar-refractivity contribution >= 4 is 27.3 Å². The highest BCUT2D eigenvalue weighted by Gasteiger charge is 2.31. The van der Waals surface area contributed by atoms with Crippen LogP contribution in [0.5, 0.6) is 0 Å². The van der Waals surface area contributed by atoms with Gasteiger partial charge in [0.15, 0.2) is 0 Å². The van der Waals surface area contributed by atoms with E-state index < -0.39 is 0 Å². The maximum absolute atomic E-state index is 10.2. The number of aliphatic hydroxyl groups excluding tert-OH is 1. The lowest BCUT2D eigenvalue weighted by atomic mass is 9.89. The highest BCUT2D eigenvalue weighted by Crippen LogP contribution is 2.42. The molecule has 0 aromatic carbocycles. The van der Waals surface area contributed by atoms with Crippen LogP contribution in [0.15, 0.2) is 15.2 Å². The lowest BCUT2D eigenvalue weighted by Crippen LogP contribution is -2.14. The molecule has 78 valence electrons. The molecule has 1 heterocycles. The fraction of sp³-hybridized carbons (Fsp3) is 0.636. The van der Waals surface area contributed by atoms with E-state index in [2.05, 4.69) is 28.2 Å². The Morgan fingerprint density at radius 2 is 2.29 bits per heavy atom. The van der Waals surface area contributed by atoms with Crippen LogP contribution in [0, 0.1) is 11.8 Å². The third-order valence-electron chi connectivity index (χ3n) is 3.29. The van der Waals surface area contributed by atoms with Gasteiger partial charge in [-0.3, -0.25) is 0 Å². The van der Waals surface area contributed by atoms with Crippen molar-refractivity contribution in [3.05, 3.63) is 20.8 Å². The molecule has 1 aliphatic rings. The number of rotatable bonds is 2. The summed E-state index contributed by atoms with van der Waals surface area (Å²) in [7, 11) is 0. The monoisotopic (exact) mass is 274 g/mol. The summed E-state index contributed by atoms with van der Waals surface area (Å²) in [5.41, 5.74) is 1.08.